The highest BCUT2D eigenvalue weighted by atomic mass is 35.5. The van der Waals surface area contributed by atoms with E-state index in [0.717, 1.165) is 5.56 Å². The first-order chi connectivity index (χ1) is 12.0. The molecule has 0 fully saturated rings. The number of aromatic carboxylic acids is 1. The summed E-state index contributed by atoms with van der Waals surface area (Å²) in [6.45, 7) is 0.713. The van der Waals surface area contributed by atoms with E-state index in [9.17, 15) is 9.59 Å². The second-order valence-electron chi connectivity index (χ2n) is 5.31. The van der Waals surface area contributed by atoms with Crippen LogP contribution in [0.5, 0.6) is 5.75 Å². The minimum absolute atomic E-state index is 0.104. The molecule has 0 bridgehead atoms. The highest BCUT2D eigenvalue weighted by Crippen LogP contribution is 2.27. The number of halogens is 2. The van der Waals surface area contributed by atoms with E-state index in [2.05, 4.69) is 5.32 Å². The van der Waals surface area contributed by atoms with Crippen molar-refractivity contribution >= 4 is 35.1 Å². The van der Waals surface area contributed by atoms with Crippen molar-refractivity contribution in [1.29, 1.82) is 0 Å². The monoisotopic (exact) mass is 381 g/mol. The Morgan fingerprint density at radius 2 is 1.80 bits per heavy atom. The summed E-state index contributed by atoms with van der Waals surface area (Å²) in [5.74, 6) is -0.547. The summed E-state index contributed by atoms with van der Waals surface area (Å²) in [7, 11) is 0. The van der Waals surface area contributed by atoms with E-state index in [1.807, 2.05) is 0 Å². The molecule has 0 radical (unpaired) electrons. The lowest BCUT2D eigenvalue weighted by atomic mass is 10.1. The normalized spacial score (nSPS) is 10.3. The molecule has 0 aliphatic carbocycles. The Labute approximate surface area is 155 Å². The molecule has 25 heavy (non-hydrogen) atoms. The van der Waals surface area contributed by atoms with E-state index >= 15 is 0 Å². The molecule has 2 N–H and O–H groups in total. The summed E-state index contributed by atoms with van der Waals surface area (Å²) >= 11 is 11.8. The maximum Gasteiger partial charge on any atom is 0.335 e. The summed E-state index contributed by atoms with van der Waals surface area (Å²) in [6.07, 6.45) is 0.862. The first-order valence-electron chi connectivity index (χ1n) is 7.62. The molecule has 5 nitrogen and oxygen atoms in total. The predicted octanol–water partition coefficient (Wildman–Crippen LogP) is 4.17. The van der Waals surface area contributed by atoms with Crippen LogP contribution in [0.15, 0.2) is 42.5 Å². The predicted molar refractivity (Wildman–Crippen MR) is 96.4 cm³/mol. The van der Waals surface area contributed by atoms with Gasteiger partial charge in [-0.25, -0.2) is 4.79 Å². The molecule has 0 unspecified atom stereocenters. The van der Waals surface area contributed by atoms with Gasteiger partial charge in [0.05, 0.1) is 17.2 Å². The minimum Gasteiger partial charge on any atom is -0.492 e. The van der Waals surface area contributed by atoms with Crippen LogP contribution in [0.4, 0.5) is 0 Å². The third-order valence-electron chi connectivity index (χ3n) is 3.39. The minimum atomic E-state index is -0.976. The van der Waals surface area contributed by atoms with Crippen molar-refractivity contribution in [2.45, 2.75) is 19.4 Å². The zero-order valence-corrected chi connectivity index (χ0v) is 14.8. The first-order valence-corrected chi connectivity index (χ1v) is 8.38. The second kappa shape index (κ2) is 9.30. The average Bonchev–Trinajstić information content (AvgIpc) is 2.58. The highest BCUT2D eigenvalue weighted by molar-refractivity contribution is 6.35. The summed E-state index contributed by atoms with van der Waals surface area (Å²) in [5, 5.41) is 12.6. The summed E-state index contributed by atoms with van der Waals surface area (Å²) in [6, 6.07) is 11.3. The molecule has 0 saturated carbocycles. The molecule has 132 valence electrons. The molecule has 0 heterocycles. The molecular formula is C18H17Cl2NO4. The van der Waals surface area contributed by atoms with Crippen LogP contribution in [0, 0.1) is 0 Å². The number of rotatable bonds is 8. The number of nitrogens with one attached hydrogen (secondary N) is 1. The van der Waals surface area contributed by atoms with Crippen LogP contribution in [0.1, 0.15) is 28.8 Å². The Hall–Kier alpha value is -2.24. The smallest absolute Gasteiger partial charge is 0.335 e. The summed E-state index contributed by atoms with van der Waals surface area (Å²) in [5.41, 5.74) is 1.05. The Balaban J connectivity index is 1.67. The van der Waals surface area contributed by atoms with Gasteiger partial charge in [0.25, 0.3) is 0 Å². The molecule has 2 aromatic carbocycles. The van der Waals surface area contributed by atoms with Crippen LogP contribution in [0.2, 0.25) is 10.0 Å². The maximum atomic E-state index is 11.8. The van der Waals surface area contributed by atoms with Gasteiger partial charge in [0, 0.05) is 18.0 Å². The van der Waals surface area contributed by atoms with Crippen molar-refractivity contribution in [2.75, 3.05) is 6.61 Å². The number of hydrogen-bond acceptors (Lipinski definition) is 3. The fourth-order valence-electron chi connectivity index (χ4n) is 2.06. The number of ether oxygens (including phenoxy) is 1. The third-order valence-corrected chi connectivity index (χ3v) is 3.92. The van der Waals surface area contributed by atoms with Crippen molar-refractivity contribution in [3.63, 3.8) is 0 Å². The highest BCUT2D eigenvalue weighted by Gasteiger charge is 2.06. The molecule has 0 aliphatic rings. The van der Waals surface area contributed by atoms with Gasteiger partial charge in [-0.2, -0.15) is 0 Å². The van der Waals surface area contributed by atoms with Gasteiger partial charge < -0.3 is 15.2 Å². The fraction of sp³-hybridized carbons (Fsp3) is 0.222. The Morgan fingerprint density at radius 1 is 1.08 bits per heavy atom. The zero-order valence-electron chi connectivity index (χ0n) is 13.3. The molecule has 1 amide bonds. The van der Waals surface area contributed by atoms with Gasteiger partial charge in [-0.1, -0.05) is 35.3 Å². The van der Waals surface area contributed by atoms with Crippen LogP contribution in [0.3, 0.4) is 0 Å². The van der Waals surface area contributed by atoms with Crippen molar-refractivity contribution in [2.24, 2.45) is 0 Å². The van der Waals surface area contributed by atoms with Crippen LogP contribution in [0.25, 0.3) is 0 Å². The number of carbonyl (C=O) groups is 2. The van der Waals surface area contributed by atoms with Gasteiger partial charge in [-0.05, 0) is 42.3 Å². The topological polar surface area (TPSA) is 75.6 Å². The molecule has 0 aromatic heterocycles. The Morgan fingerprint density at radius 3 is 2.44 bits per heavy atom. The molecule has 2 aromatic rings. The molecule has 0 spiro atoms. The molecule has 0 aliphatic heterocycles. The van der Waals surface area contributed by atoms with Crippen molar-refractivity contribution in [3.8, 4) is 5.75 Å². The van der Waals surface area contributed by atoms with Gasteiger partial charge >= 0.3 is 5.97 Å². The lowest BCUT2D eigenvalue weighted by Crippen LogP contribution is -2.23. The number of carboxylic acids is 1. The molecule has 0 saturated heterocycles. The standard InChI is InChI=1S/C18H17Cl2NO4/c19-14-7-8-16(15(20)10-14)25-9-1-2-17(22)21-11-12-3-5-13(6-4-12)18(23)24/h3-8,10H,1-2,9,11H2,(H,21,22)(H,23,24). The molecule has 7 heteroatoms. The lowest BCUT2D eigenvalue weighted by molar-refractivity contribution is -0.121. The third kappa shape index (κ3) is 6.29. The van der Waals surface area contributed by atoms with Crippen LogP contribution in [-0.4, -0.2) is 23.6 Å². The van der Waals surface area contributed by atoms with E-state index in [-0.39, 0.29) is 11.5 Å². The van der Waals surface area contributed by atoms with Gasteiger partial charge in [0.1, 0.15) is 5.75 Å². The van der Waals surface area contributed by atoms with Gasteiger partial charge in [-0.15, -0.1) is 0 Å². The number of hydrogen-bond donors (Lipinski definition) is 2. The van der Waals surface area contributed by atoms with E-state index in [0.29, 0.717) is 41.8 Å². The van der Waals surface area contributed by atoms with E-state index in [1.165, 1.54) is 12.1 Å². The number of carbonyl (C=O) groups excluding carboxylic acids is 1. The molecule has 0 atom stereocenters. The summed E-state index contributed by atoms with van der Waals surface area (Å²) < 4.78 is 5.51. The first kappa shape index (κ1) is 19.1. The fourth-order valence-corrected chi connectivity index (χ4v) is 2.52. The van der Waals surface area contributed by atoms with Crippen LogP contribution < -0.4 is 10.1 Å². The largest absolute Gasteiger partial charge is 0.492 e. The van der Waals surface area contributed by atoms with E-state index in [1.54, 1.807) is 30.3 Å². The Kier molecular flexibility index (Phi) is 7.10. The van der Waals surface area contributed by atoms with Crippen molar-refractivity contribution < 1.29 is 19.4 Å². The van der Waals surface area contributed by atoms with Gasteiger partial charge in [-0.3, -0.25) is 4.79 Å². The average molecular weight is 382 g/mol. The Bertz CT molecular complexity index is 747. The zero-order chi connectivity index (χ0) is 18.2. The number of carboxylic acid groups (broad SMARTS) is 1. The van der Waals surface area contributed by atoms with E-state index < -0.39 is 5.97 Å². The van der Waals surface area contributed by atoms with Gasteiger partial charge in [0.15, 0.2) is 0 Å². The SMILES string of the molecule is O=C(CCCOc1ccc(Cl)cc1Cl)NCc1ccc(C(=O)O)cc1. The maximum absolute atomic E-state index is 11.8. The van der Waals surface area contributed by atoms with Crippen molar-refractivity contribution in [1.82, 2.24) is 5.32 Å². The number of amides is 1. The summed E-state index contributed by atoms with van der Waals surface area (Å²) in [4.78, 5) is 22.6. The molecular weight excluding hydrogens is 365 g/mol. The van der Waals surface area contributed by atoms with E-state index in [4.69, 9.17) is 33.0 Å². The van der Waals surface area contributed by atoms with Gasteiger partial charge in [0.2, 0.25) is 5.91 Å². The number of benzene rings is 2. The quantitative estimate of drug-likeness (QED) is 0.672. The van der Waals surface area contributed by atoms with Crippen LogP contribution >= 0.6 is 23.2 Å². The molecule has 2 rings (SSSR count). The van der Waals surface area contributed by atoms with Crippen LogP contribution in [-0.2, 0) is 11.3 Å². The second-order valence-corrected chi connectivity index (χ2v) is 6.15. The van der Waals surface area contributed by atoms with Crippen molar-refractivity contribution in [3.05, 3.63) is 63.6 Å². The lowest BCUT2D eigenvalue weighted by Gasteiger charge is -2.09.